The molecular weight excluding hydrogens is 416 g/mol. The first-order valence-electron chi connectivity index (χ1n) is 10.6. The van der Waals surface area contributed by atoms with E-state index in [1.54, 1.807) is 6.07 Å². The Bertz CT molecular complexity index is 1150. The highest BCUT2D eigenvalue weighted by Gasteiger charge is 2.18. The van der Waals surface area contributed by atoms with Gasteiger partial charge in [-0.25, -0.2) is 4.79 Å². The van der Waals surface area contributed by atoms with Crippen LogP contribution in [0.4, 0.5) is 5.69 Å². The van der Waals surface area contributed by atoms with Gasteiger partial charge in [0.15, 0.2) is 5.58 Å². The molecule has 1 saturated heterocycles. The number of piperazine rings is 1. The molecule has 0 radical (unpaired) electrons. The number of H-pyrrole nitrogens is 1. The maximum Gasteiger partial charge on any atom is 0.417 e. The van der Waals surface area contributed by atoms with E-state index in [9.17, 15) is 9.59 Å². The van der Waals surface area contributed by atoms with E-state index < -0.39 is 11.7 Å². The molecule has 164 valence electrons. The lowest BCUT2D eigenvalue weighted by molar-refractivity contribution is 0.1000. The third-order valence-electron chi connectivity index (χ3n) is 5.95. The van der Waals surface area contributed by atoms with Crippen LogP contribution in [0.1, 0.15) is 34.3 Å². The molecule has 0 spiro atoms. The number of amides is 1. The fourth-order valence-corrected chi connectivity index (χ4v) is 4.42. The van der Waals surface area contributed by atoms with Gasteiger partial charge in [0.2, 0.25) is 5.91 Å². The number of carbonyl (C=O) groups is 1. The first-order valence-corrected chi connectivity index (χ1v) is 11.0. The number of anilines is 1. The summed E-state index contributed by atoms with van der Waals surface area (Å²) in [6.07, 6.45) is 2.72. The summed E-state index contributed by atoms with van der Waals surface area (Å²) in [6.45, 7) is 7.14. The topological polar surface area (TPSA) is 95.6 Å². The molecule has 1 amide bonds. The second-order valence-electron chi connectivity index (χ2n) is 8.10. The highest BCUT2D eigenvalue weighted by Crippen LogP contribution is 2.25. The second kappa shape index (κ2) is 9.16. The van der Waals surface area contributed by atoms with E-state index in [-0.39, 0.29) is 0 Å². The maximum absolute atomic E-state index is 11.6. The molecule has 0 atom stereocenters. The maximum atomic E-state index is 11.6. The van der Waals surface area contributed by atoms with Gasteiger partial charge >= 0.3 is 5.76 Å². The summed E-state index contributed by atoms with van der Waals surface area (Å²) in [6, 6.07) is 9.32. The van der Waals surface area contributed by atoms with Gasteiger partial charge < -0.3 is 15.1 Å². The van der Waals surface area contributed by atoms with Gasteiger partial charge in [0.1, 0.15) is 0 Å². The van der Waals surface area contributed by atoms with Crippen molar-refractivity contribution in [1.29, 1.82) is 0 Å². The van der Waals surface area contributed by atoms with E-state index in [1.165, 1.54) is 17.3 Å². The van der Waals surface area contributed by atoms with Crippen molar-refractivity contribution in [3.63, 3.8) is 0 Å². The summed E-state index contributed by atoms with van der Waals surface area (Å²) in [4.78, 5) is 30.7. The smallest absolute Gasteiger partial charge is 0.408 e. The number of aromatic nitrogens is 1. The zero-order chi connectivity index (χ0) is 22.0. The number of hydrogen-bond donors (Lipinski definition) is 2. The summed E-state index contributed by atoms with van der Waals surface area (Å²) in [5.74, 6) is -1.05. The molecule has 4 rings (SSSR count). The zero-order valence-electron chi connectivity index (χ0n) is 17.6. The fourth-order valence-electron chi connectivity index (χ4n) is 4.25. The van der Waals surface area contributed by atoms with Crippen LogP contribution in [0.15, 0.2) is 39.5 Å². The van der Waals surface area contributed by atoms with Crippen LogP contribution in [0.25, 0.3) is 11.1 Å². The third kappa shape index (κ3) is 4.94. The normalized spacial score (nSPS) is 15.0. The summed E-state index contributed by atoms with van der Waals surface area (Å²) in [7, 11) is 0. The number of nitrogens with two attached hydrogens (primary N) is 1. The number of fused-ring (bicyclic) bond motifs is 1. The first kappa shape index (κ1) is 21.5. The Morgan fingerprint density at radius 2 is 1.94 bits per heavy atom. The Hall–Kier alpha value is -2.77. The van der Waals surface area contributed by atoms with Gasteiger partial charge in [0, 0.05) is 42.5 Å². The second-order valence-corrected chi connectivity index (χ2v) is 8.54. The van der Waals surface area contributed by atoms with Crippen LogP contribution in [-0.4, -0.2) is 48.5 Å². The standard InChI is InChI=1S/C23H27ClN4O3/c1-15-5-6-18(24)14-19(15)28-10-8-27(9-11-28)7-3-2-4-16-12-17(22(25)29)13-20-21(16)26-23(30)31-20/h5-6,12-14H,2-4,7-11H2,1H3,(H2,25,29)(H,26,30). The number of halogens is 1. The monoisotopic (exact) mass is 442 g/mol. The van der Waals surface area contributed by atoms with E-state index >= 15 is 0 Å². The van der Waals surface area contributed by atoms with Crippen LogP contribution in [0.3, 0.4) is 0 Å². The van der Waals surface area contributed by atoms with Crippen molar-refractivity contribution in [2.45, 2.75) is 26.2 Å². The molecule has 1 aromatic heterocycles. The average molecular weight is 443 g/mol. The molecule has 1 fully saturated rings. The molecule has 0 unspecified atom stereocenters. The highest BCUT2D eigenvalue weighted by atomic mass is 35.5. The summed E-state index contributed by atoms with van der Waals surface area (Å²) >= 11 is 6.18. The molecule has 3 N–H and O–H groups in total. The van der Waals surface area contributed by atoms with E-state index in [0.717, 1.165) is 62.6 Å². The number of primary amides is 1. The Balaban J connectivity index is 1.30. The summed E-state index contributed by atoms with van der Waals surface area (Å²) < 4.78 is 5.12. The third-order valence-corrected chi connectivity index (χ3v) is 6.19. The number of nitrogens with one attached hydrogen (secondary N) is 1. The Labute approximate surface area is 185 Å². The van der Waals surface area contributed by atoms with Gasteiger partial charge in [0.25, 0.3) is 0 Å². The molecule has 0 bridgehead atoms. The van der Waals surface area contributed by atoms with Crippen LogP contribution in [0.2, 0.25) is 5.02 Å². The summed E-state index contributed by atoms with van der Waals surface area (Å²) in [5, 5.41) is 0.775. The minimum absolute atomic E-state index is 0.359. The van der Waals surface area contributed by atoms with Gasteiger partial charge in [-0.15, -0.1) is 0 Å². The Morgan fingerprint density at radius 1 is 1.16 bits per heavy atom. The number of oxazole rings is 1. The molecule has 7 nitrogen and oxygen atoms in total. The van der Waals surface area contributed by atoms with Crippen molar-refractivity contribution >= 4 is 34.3 Å². The zero-order valence-corrected chi connectivity index (χ0v) is 18.4. The molecule has 1 aliphatic heterocycles. The molecule has 0 aliphatic carbocycles. The number of rotatable bonds is 7. The van der Waals surface area contributed by atoms with Crippen molar-refractivity contribution in [2.75, 3.05) is 37.6 Å². The van der Waals surface area contributed by atoms with E-state index in [2.05, 4.69) is 27.8 Å². The minimum atomic E-state index is -0.528. The summed E-state index contributed by atoms with van der Waals surface area (Å²) in [5.41, 5.74) is 10.2. The lowest BCUT2D eigenvalue weighted by Crippen LogP contribution is -2.46. The van der Waals surface area contributed by atoms with E-state index in [1.807, 2.05) is 12.1 Å². The van der Waals surface area contributed by atoms with E-state index in [0.29, 0.717) is 16.7 Å². The first-order chi connectivity index (χ1) is 14.9. The molecule has 31 heavy (non-hydrogen) atoms. The van der Waals surface area contributed by atoms with Crippen LogP contribution < -0.4 is 16.4 Å². The molecule has 1 aliphatic rings. The molecule has 8 heteroatoms. The fraction of sp³-hybridized carbons (Fsp3) is 0.391. The lowest BCUT2D eigenvalue weighted by Gasteiger charge is -2.37. The number of carbonyl (C=O) groups excluding carboxylic acids is 1. The van der Waals surface area contributed by atoms with Crippen molar-refractivity contribution in [1.82, 2.24) is 9.88 Å². The molecule has 0 saturated carbocycles. The Morgan fingerprint density at radius 3 is 2.68 bits per heavy atom. The quantitative estimate of drug-likeness (QED) is 0.547. The van der Waals surface area contributed by atoms with Crippen molar-refractivity contribution < 1.29 is 9.21 Å². The van der Waals surface area contributed by atoms with Crippen molar-refractivity contribution in [3.8, 4) is 0 Å². The van der Waals surface area contributed by atoms with Gasteiger partial charge in [-0.1, -0.05) is 17.7 Å². The molecular formula is C23H27ClN4O3. The number of hydrogen-bond acceptors (Lipinski definition) is 5. The van der Waals surface area contributed by atoms with E-state index in [4.69, 9.17) is 21.8 Å². The highest BCUT2D eigenvalue weighted by molar-refractivity contribution is 6.30. The van der Waals surface area contributed by atoms with Crippen molar-refractivity contribution in [3.05, 3.63) is 62.6 Å². The molecule has 2 aromatic carbocycles. The minimum Gasteiger partial charge on any atom is -0.408 e. The van der Waals surface area contributed by atoms with Gasteiger partial charge in [-0.05, 0) is 68.1 Å². The number of aromatic amines is 1. The SMILES string of the molecule is Cc1ccc(Cl)cc1N1CCN(CCCCc2cc(C(N)=O)cc3oc(=O)[nH]c23)CC1. The predicted octanol–water partition coefficient (Wildman–Crippen LogP) is 3.33. The largest absolute Gasteiger partial charge is 0.417 e. The Kier molecular flexibility index (Phi) is 6.34. The van der Waals surface area contributed by atoms with Gasteiger partial charge in [0.05, 0.1) is 5.52 Å². The van der Waals surface area contributed by atoms with Crippen LogP contribution in [0, 0.1) is 6.92 Å². The number of nitrogens with zero attached hydrogens (tertiary/aromatic N) is 2. The lowest BCUT2D eigenvalue weighted by atomic mass is 10.0. The average Bonchev–Trinajstić information content (AvgIpc) is 3.13. The van der Waals surface area contributed by atoms with Crippen molar-refractivity contribution in [2.24, 2.45) is 5.73 Å². The van der Waals surface area contributed by atoms with Crippen LogP contribution >= 0.6 is 11.6 Å². The molecule has 3 aromatic rings. The van der Waals surface area contributed by atoms with Gasteiger partial charge in [-0.3, -0.25) is 14.7 Å². The molecule has 2 heterocycles. The van der Waals surface area contributed by atoms with Crippen LogP contribution in [0.5, 0.6) is 0 Å². The van der Waals surface area contributed by atoms with Crippen LogP contribution in [-0.2, 0) is 6.42 Å². The number of unbranched alkanes of at least 4 members (excludes halogenated alkanes) is 1. The predicted molar refractivity (Wildman–Crippen MR) is 123 cm³/mol. The number of aryl methyl sites for hydroxylation is 2. The van der Waals surface area contributed by atoms with Gasteiger partial charge in [-0.2, -0.15) is 0 Å². The number of benzene rings is 2.